The molecule has 0 saturated heterocycles. The van der Waals surface area contributed by atoms with E-state index in [1.807, 2.05) is 48.7 Å². The zero-order valence-electron chi connectivity index (χ0n) is 20.4. The Morgan fingerprint density at radius 3 is 2.65 bits per heavy atom. The van der Waals surface area contributed by atoms with Crippen molar-refractivity contribution < 1.29 is 19.4 Å². The predicted molar refractivity (Wildman–Crippen MR) is 140 cm³/mol. The number of aliphatic imine (C=N–C) groups is 1. The molecule has 0 amide bonds. The van der Waals surface area contributed by atoms with E-state index in [1.165, 1.54) is 23.5 Å². The van der Waals surface area contributed by atoms with Crippen molar-refractivity contribution in [2.45, 2.75) is 39.3 Å². The first-order chi connectivity index (χ1) is 17.9. The fraction of sp³-hybridized carbons (Fsp3) is 0.259. The smallest absolute Gasteiger partial charge is 0.306 e. The van der Waals surface area contributed by atoms with Crippen LogP contribution in [-0.4, -0.2) is 43.2 Å². The Morgan fingerprint density at radius 1 is 1.16 bits per heavy atom. The summed E-state index contributed by atoms with van der Waals surface area (Å²) in [6.07, 6.45) is 0.464. The number of hydrogen-bond acceptors (Lipinski definition) is 7. The highest BCUT2D eigenvalue weighted by molar-refractivity contribution is 7.15. The maximum Gasteiger partial charge on any atom is 0.306 e. The number of carboxylic acid groups (broad SMARTS) is 1. The molecule has 2 aromatic carbocycles. The molecule has 37 heavy (non-hydrogen) atoms. The van der Waals surface area contributed by atoms with Crippen molar-refractivity contribution in [3.63, 3.8) is 0 Å². The second-order valence-electron chi connectivity index (χ2n) is 8.90. The number of fused-ring (bicyclic) bond motifs is 3. The lowest BCUT2D eigenvalue weighted by Gasteiger charge is -2.12. The Morgan fingerprint density at radius 2 is 1.95 bits per heavy atom. The molecule has 8 nitrogen and oxygen atoms in total. The van der Waals surface area contributed by atoms with Crippen molar-refractivity contribution in [3.05, 3.63) is 93.1 Å². The largest absolute Gasteiger partial charge is 0.481 e. The number of thiophene rings is 1. The summed E-state index contributed by atoms with van der Waals surface area (Å²) in [6, 6.07) is 13.6. The standard InChI is InChI=1S/C27H26FN5O3S/c1-15-22(14-34)37-27-24(15)25(30-21(13-23(35)36)26-32-31-16(2)33(26)27)18-6-8-20(9-7-18)29-11-10-17-4-3-5-19(28)12-17/h3-9,12,21,29,34H,10-11,13-14H2,1-2H3,(H,35,36)/t21-/m0/s1. The minimum Gasteiger partial charge on any atom is -0.481 e. The maximum absolute atomic E-state index is 13.4. The highest BCUT2D eigenvalue weighted by atomic mass is 32.1. The topological polar surface area (TPSA) is 113 Å². The molecule has 190 valence electrons. The third-order valence-corrected chi connectivity index (χ3v) is 7.66. The van der Waals surface area contributed by atoms with E-state index >= 15 is 0 Å². The monoisotopic (exact) mass is 519 g/mol. The van der Waals surface area contributed by atoms with Crippen LogP contribution >= 0.6 is 11.3 Å². The first-order valence-electron chi connectivity index (χ1n) is 11.9. The first kappa shape index (κ1) is 24.8. The Kier molecular flexibility index (Phi) is 6.86. The fourth-order valence-corrected chi connectivity index (χ4v) is 5.79. The number of nitrogens with zero attached hydrogens (tertiary/aromatic N) is 4. The second-order valence-corrected chi connectivity index (χ2v) is 9.99. The van der Waals surface area contributed by atoms with Gasteiger partial charge < -0.3 is 15.5 Å². The van der Waals surface area contributed by atoms with E-state index in [4.69, 9.17) is 4.99 Å². The zero-order chi connectivity index (χ0) is 26.1. The molecule has 1 aliphatic heterocycles. The maximum atomic E-state index is 13.4. The number of aliphatic hydroxyl groups is 1. The number of halogens is 1. The summed E-state index contributed by atoms with van der Waals surface area (Å²) in [6.45, 7) is 4.29. The minimum atomic E-state index is -0.976. The van der Waals surface area contributed by atoms with Gasteiger partial charge in [0.25, 0.3) is 0 Å². The molecular weight excluding hydrogens is 493 g/mol. The SMILES string of the molecule is Cc1c(CO)sc2c1C(c1ccc(NCCc3cccc(F)c3)cc1)=N[C@@H](CC(=O)O)c1nnc(C)n1-2. The van der Waals surface area contributed by atoms with Gasteiger partial charge in [-0.3, -0.25) is 14.4 Å². The summed E-state index contributed by atoms with van der Waals surface area (Å²) < 4.78 is 15.3. The molecule has 10 heteroatoms. The van der Waals surface area contributed by atoms with Gasteiger partial charge in [0.2, 0.25) is 0 Å². The molecule has 0 fully saturated rings. The van der Waals surface area contributed by atoms with Crippen LogP contribution in [0.1, 0.15) is 51.2 Å². The molecule has 3 heterocycles. The van der Waals surface area contributed by atoms with Crippen molar-refractivity contribution in [2.24, 2.45) is 4.99 Å². The van der Waals surface area contributed by atoms with Crippen molar-refractivity contribution >= 4 is 28.7 Å². The van der Waals surface area contributed by atoms with Crippen LogP contribution in [0.15, 0.2) is 53.5 Å². The van der Waals surface area contributed by atoms with Gasteiger partial charge in [0.05, 0.1) is 18.7 Å². The summed E-state index contributed by atoms with van der Waals surface area (Å²) in [4.78, 5) is 17.4. The molecule has 5 rings (SSSR count). The number of aliphatic hydroxyl groups excluding tert-OH is 1. The second kappa shape index (κ2) is 10.2. The van der Waals surface area contributed by atoms with E-state index in [0.29, 0.717) is 30.3 Å². The molecule has 0 saturated carbocycles. The summed E-state index contributed by atoms with van der Waals surface area (Å²) in [5.41, 5.74) is 5.05. The molecule has 0 bridgehead atoms. The van der Waals surface area contributed by atoms with Crippen LogP contribution in [-0.2, 0) is 17.8 Å². The minimum absolute atomic E-state index is 0.111. The van der Waals surface area contributed by atoms with Gasteiger partial charge in [0, 0.05) is 28.2 Å². The lowest BCUT2D eigenvalue weighted by molar-refractivity contribution is -0.137. The van der Waals surface area contributed by atoms with Crippen molar-refractivity contribution in [2.75, 3.05) is 11.9 Å². The Hall–Kier alpha value is -3.89. The first-order valence-corrected chi connectivity index (χ1v) is 12.7. The van der Waals surface area contributed by atoms with Crippen molar-refractivity contribution in [3.8, 4) is 5.00 Å². The van der Waals surface area contributed by atoms with Gasteiger partial charge >= 0.3 is 5.97 Å². The molecule has 3 N–H and O–H groups in total. The van der Waals surface area contributed by atoms with Crippen LogP contribution in [0.5, 0.6) is 0 Å². The molecule has 0 radical (unpaired) electrons. The number of carboxylic acids is 1. The van der Waals surface area contributed by atoms with Gasteiger partial charge in [-0.05, 0) is 55.7 Å². The Bertz CT molecular complexity index is 1490. The predicted octanol–water partition coefficient (Wildman–Crippen LogP) is 4.60. The fourth-order valence-electron chi connectivity index (χ4n) is 4.57. The average Bonchev–Trinajstić information content (AvgIpc) is 3.37. The van der Waals surface area contributed by atoms with E-state index in [0.717, 1.165) is 37.8 Å². The molecule has 1 aliphatic rings. The number of aromatic nitrogens is 3. The van der Waals surface area contributed by atoms with Gasteiger partial charge in [-0.25, -0.2) is 4.39 Å². The van der Waals surface area contributed by atoms with E-state index in [-0.39, 0.29) is 18.8 Å². The normalized spacial score (nSPS) is 14.5. The third kappa shape index (κ3) is 4.90. The quantitative estimate of drug-likeness (QED) is 0.314. The molecule has 0 spiro atoms. The van der Waals surface area contributed by atoms with Crippen molar-refractivity contribution in [1.29, 1.82) is 0 Å². The molecule has 2 aromatic heterocycles. The third-order valence-electron chi connectivity index (χ3n) is 6.40. The van der Waals surface area contributed by atoms with E-state index in [2.05, 4.69) is 15.5 Å². The highest BCUT2D eigenvalue weighted by Gasteiger charge is 2.32. The number of rotatable bonds is 8. The molecule has 0 aliphatic carbocycles. The van der Waals surface area contributed by atoms with Crippen LogP contribution in [0.2, 0.25) is 0 Å². The van der Waals surface area contributed by atoms with Gasteiger partial charge in [0.15, 0.2) is 5.82 Å². The number of anilines is 1. The number of benzene rings is 2. The van der Waals surface area contributed by atoms with Crippen LogP contribution < -0.4 is 5.32 Å². The number of hydrogen-bond donors (Lipinski definition) is 3. The van der Waals surface area contributed by atoms with Gasteiger partial charge in [0.1, 0.15) is 22.7 Å². The van der Waals surface area contributed by atoms with Gasteiger partial charge in [-0.2, -0.15) is 0 Å². The molecule has 4 aromatic rings. The van der Waals surface area contributed by atoms with Gasteiger partial charge in [-0.15, -0.1) is 21.5 Å². The van der Waals surface area contributed by atoms with Gasteiger partial charge in [-0.1, -0.05) is 24.3 Å². The van der Waals surface area contributed by atoms with E-state index < -0.39 is 12.0 Å². The number of aryl methyl sites for hydroxylation is 1. The molecule has 0 unspecified atom stereocenters. The van der Waals surface area contributed by atoms with E-state index in [9.17, 15) is 19.4 Å². The number of aliphatic carboxylic acids is 1. The van der Waals surface area contributed by atoms with Crippen molar-refractivity contribution in [1.82, 2.24) is 14.8 Å². The number of nitrogens with one attached hydrogen (secondary N) is 1. The molecule has 1 atom stereocenters. The van der Waals surface area contributed by atoms with Crippen LogP contribution in [0.25, 0.3) is 5.00 Å². The average molecular weight is 520 g/mol. The lowest BCUT2D eigenvalue weighted by atomic mass is 9.99. The summed E-state index contributed by atoms with van der Waals surface area (Å²) in [7, 11) is 0. The summed E-state index contributed by atoms with van der Waals surface area (Å²) in [5, 5.41) is 32.2. The highest BCUT2D eigenvalue weighted by Crippen LogP contribution is 2.40. The van der Waals surface area contributed by atoms with Crippen LogP contribution in [0, 0.1) is 19.7 Å². The van der Waals surface area contributed by atoms with Crippen LogP contribution in [0.3, 0.4) is 0 Å². The van der Waals surface area contributed by atoms with E-state index in [1.54, 1.807) is 6.07 Å². The Balaban J connectivity index is 1.49. The molecular formula is C27H26FN5O3S. The Labute approximate surface area is 217 Å². The zero-order valence-corrected chi connectivity index (χ0v) is 21.2. The lowest BCUT2D eigenvalue weighted by Crippen LogP contribution is -2.11. The summed E-state index contributed by atoms with van der Waals surface area (Å²) >= 11 is 1.43. The van der Waals surface area contributed by atoms with Crippen LogP contribution in [0.4, 0.5) is 10.1 Å². The summed E-state index contributed by atoms with van der Waals surface area (Å²) in [5.74, 6) is -0.118. The number of carbonyl (C=O) groups is 1.